The average molecular weight is 582 g/mol. The molecule has 0 aromatic carbocycles. The number of nitrogens with one attached hydrogen (secondary N) is 1. The largest absolute Gasteiger partial charge is 0.396 e. The molecule has 0 aliphatic carbocycles. The summed E-state index contributed by atoms with van der Waals surface area (Å²) in [6, 6.07) is 0. The van der Waals surface area contributed by atoms with E-state index in [9.17, 15) is 0 Å². The number of aliphatic hydroxyl groups is 2. The molecule has 41 heavy (non-hydrogen) atoms. The van der Waals surface area contributed by atoms with Crippen molar-refractivity contribution >= 4 is 0 Å². The molecule has 3 nitrogen and oxygen atoms in total. The maximum atomic E-state index is 8.78. The summed E-state index contributed by atoms with van der Waals surface area (Å²) in [5.74, 6) is 0. The lowest BCUT2D eigenvalue weighted by Gasteiger charge is -2.06. The van der Waals surface area contributed by atoms with E-state index in [1.54, 1.807) is 0 Å². The van der Waals surface area contributed by atoms with Gasteiger partial charge in [-0.05, 0) is 38.8 Å². The molecule has 0 atom stereocenters. The molecule has 0 aromatic heterocycles. The van der Waals surface area contributed by atoms with Crippen LogP contribution in [0.1, 0.15) is 205 Å². The molecule has 0 aromatic rings. The monoisotopic (exact) mass is 582 g/mol. The molecule has 0 radical (unpaired) electrons. The Balaban J connectivity index is 0. The number of hydrogen-bond donors (Lipinski definition) is 3. The first kappa shape index (κ1) is 42.8. The van der Waals surface area contributed by atoms with Crippen LogP contribution in [0.4, 0.5) is 0 Å². The molecule has 0 aliphatic rings. The second kappa shape index (κ2) is 44.1. The molecular weight excluding hydrogens is 502 g/mol. The van der Waals surface area contributed by atoms with E-state index in [-0.39, 0.29) is 0 Å². The lowest BCUT2D eigenvalue weighted by molar-refractivity contribution is 0.282. The van der Waals surface area contributed by atoms with Crippen molar-refractivity contribution in [2.45, 2.75) is 205 Å². The van der Waals surface area contributed by atoms with Crippen molar-refractivity contribution in [3.05, 3.63) is 13.2 Å². The zero-order valence-corrected chi connectivity index (χ0v) is 28.3. The van der Waals surface area contributed by atoms with E-state index >= 15 is 0 Å². The maximum Gasteiger partial charge on any atom is 0.0431 e. The van der Waals surface area contributed by atoms with Gasteiger partial charge in [0.1, 0.15) is 0 Å². The minimum Gasteiger partial charge on any atom is -0.396 e. The van der Waals surface area contributed by atoms with Crippen LogP contribution in [0, 0.1) is 0 Å². The van der Waals surface area contributed by atoms with Crippen LogP contribution < -0.4 is 5.32 Å². The Kier molecular flexibility index (Phi) is 45.9. The number of hydrogen-bond acceptors (Lipinski definition) is 3. The summed E-state index contributed by atoms with van der Waals surface area (Å²) in [5.41, 5.74) is 0. The van der Waals surface area contributed by atoms with Crippen molar-refractivity contribution < 1.29 is 10.2 Å². The number of unbranched alkanes of at least 4 members (excludes halogenated alkanes) is 30. The highest BCUT2D eigenvalue weighted by Gasteiger charge is 1.97. The van der Waals surface area contributed by atoms with Gasteiger partial charge in [0.15, 0.2) is 0 Å². The van der Waals surface area contributed by atoms with Crippen LogP contribution in [-0.4, -0.2) is 36.5 Å². The maximum absolute atomic E-state index is 8.78. The van der Waals surface area contributed by atoms with Crippen LogP contribution in [-0.2, 0) is 0 Å². The van der Waals surface area contributed by atoms with Gasteiger partial charge < -0.3 is 15.5 Å². The predicted molar refractivity (Wildman–Crippen MR) is 186 cm³/mol. The van der Waals surface area contributed by atoms with Crippen LogP contribution >= 0.6 is 0 Å². The molecule has 0 saturated carbocycles. The molecule has 0 aliphatic heterocycles. The third-order valence-corrected chi connectivity index (χ3v) is 8.52. The Morgan fingerprint density at radius 2 is 0.390 bits per heavy atom. The SMILES string of the molecule is C=C.OCCCCCCCCCCCCCCCCCCNCCCCCCCCCCCCCCCCCCO. The Morgan fingerprint density at radius 1 is 0.244 bits per heavy atom. The zero-order chi connectivity index (χ0) is 30.2. The van der Waals surface area contributed by atoms with Crippen molar-refractivity contribution in [2.75, 3.05) is 26.3 Å². The smallest absolute Gasteiger partial charge is 0.0431 e. The molecule has 0 amide bonds. The van der Waals surface area contributed by atoms with Gasteiger partial charge in [-0.3, -0.25) is 0 Å². The first-order chi connectivity index (χ1) is 20.4. The molecule has 0 fully saturated rings. The van der Waals surface area contributed by atoms with Gasteiger partial charge in [0, 0.05) is 13.2 Å². The molecule has 0 heterocycles. The quantitative estimate of drug-likeness (QED) is 0.0509. The second-order valence-electron chi connectivity index (χ2n) is 12.5. The van der Waals surface area contributed by atoms with E-state index in [2.05, 4.69) is 18.5 Å². The summed E-state index contributed by atoms with van der Waals surface area (Å²) in [5, 5.41) is 21.2. The lowest BCUT2D eigenvalue weighted by atomic mass is 10.0. The zero-order valence-electron chi connectivity index (χ0n) is 28.3. The topological polar surface area (TPSA) is 52.5 Å². The van der Waals surface area contributed by atoms with Crippen molar-refractivity contribution in [1.29, 1.82) is 0 Å². The van der Waals surface area contributed by atoms with Crippen LogP contribution in [0.25, 0.3) is 0 Å². The van der Waals surface area contributed by atoms with E-state index < -0.39 is 0 Å². The fourth-order valence-electron chi connectivity index (χ4n) is 5.80. The normalized spacial score (nSPS) is 11.1. The molecule has 3 N–H and O–H groups in total. The third kappa shape index (κ3) is 44.2. The standard InChI is InChI=1S/C36H75NO2.C2H4/c38-35-31-27-23-19-15-11-7-3-1-5-9-13-17-21-25-29-33-37-34-30-26-22-18-14-10-6-2-4-8-12-16-20-24-28-32-36-39;1-2/h37-39H,1-36H2;1-2H2. The Hall–Kier alpha value is -0.380. The molecule has 0 spiro atoms. The summed E-state index contributed by atoms with van der Waals surface area (Å²) in [7, 11) is 0. The van der Waals surface area contributed by atoms with Gasteiger partial charge in [0.2, 0.25) is 0 Å². The van der Waals surface area contributed by atoms with E-state index in [0.717, 1.165) is 12.8 Å². The number of rotatable bonds is 36. The lowest BCUT2D eigenvalue weighted by Crippen LogP contribution is -2.16. The predicted octanol–water partition coefficient (Wildman–Crippen LogP) is 11.8. The van der Waals surface area contributed by atoms with Gasteiger partial charge in [0.05, 0.1) is 0 Å². The fourth-order valence-corrected chi connectivity index (χ4v) is 5.80. The molecule has 3 heteroatoms. The summed E-state index contributed by atoms with van der Waals surface area (Å²) >= 11 is 0. The van der Waals surface area contributed by atoms with E-state index in [4.69, 9.17) is 10.2 Å². The average Bonchev–Trinajstić information content (AvgIpc) is 3.00. The van der Waals surface area contributed by atoms with E-state index in [1.807, 2.05) is 0 Å². The van der Waals surface area contributed by atoms with Crippen molar-refractivity contribution in [3.63, 3.8) is 0 Å². The minimum absolute atomic E-state index is 0.369. The van der Waals surface area contributed by atoms with Gasteiger partial charge >= 0.3 is 0 Å². The Labute approximate surface area is 260 Å². The first-order valence-electron chi connectivity index (χ1n) is 18.8. The van der Waals surface area contributed by atoms with Gasteiger partial charge in [-0.2, -0.15) is 0 Å². The van der Waals surface area contributed by atoms with E-state index in [0.29, 0.717) is 13.2 Å². The summed E-state index contributed by atoms with van der Waals surface area (Å²) in [6.45, 7) is 9.19. The van der Waals surface area contributed by atoms with Crippen molar-refractivity contribution in [1.82, 2.24) is 5.32 Å². The molecular formula is C38H79NO2. The Morgan fingerprint density at radius 3 is 0.561 bits per heavy atom. The molecule has 0 rings (SSSR count). The first-order valence-corrected chi connectivity index (χ1v) is 18.8. The summed E-state index contributed by atoms with van der Waals surface area (Å²) in [4.78, 5) is 0. The second-order valence-corrected chi connectivity index (χ2v) is 12.5. The molecule has 0 unspecified atom stereocenters. The Bertz CT molecular complexity index is 381. The van der Waals surface area contributed by atoms with E-state index in [1.165, 1.54) is 206 Å². The third-order valence-electron chi connectivity index (χ3n) is 8.52. The molecule has 0 bridgehead atoms. The summed E-state index contributed by atoms with van der Waals surface area (Å²) < 4.78 is 0. The van der Waals surface area contributed by atoms with Crippen LogP contribution in [0.15, 0.2) is 13.2 Å². The highest BCUT2D eigenvalue weighted by atomic mass is 16.3. The van der Waals surface area contributed by atoms with Gasteiger partial charge in [-0.25, -0.2) is 0 Å². The van der Waals surface area contributed by atoms with Crippen LogP contribution in [0.3, 0.4) is 0 Å². The fraction of sp³-hybridized carbons (Fsp3) is 0.947. The van der Waals surface area contributed by atoms with Gasteiger partial charge in [-0.15, -0.1) is 13.2 Å². The van der Waals surface area contributed by atoms with Gasteiger partial charge in [0.25, 0.3) is 0 Å². The highest BCUT2D eigenvalue weighted by molar-refractivity contribution is 4.54. The minimum atomic E-state index is 0.369. The number of aliphatic hydroxyl groups excluding tert-OH is 2. The summed E-state index contributed by atoms with van der Waals surface area (Å²) in [6.07, 6.45) is 44.1. The van der Waals surface area contributed by atoms with Crippen LogP contribution in [0.2, 0.25) is 0 Å². The van der Waals surface area contributed by atoms with Crippen molar-refractivity contribution in [3.8, 4) is 0 Å². The van der Waals surface area contributed by atoms with Gasteiger partial charge in [-0.1, -0.05) is 180 Å². The van der Waals surface area contributed by atoms with Crippen molar-refractivity contribution in [2.24, 2.45) is 0 Å². The highest BCUT2D eigenvalue weighted by Crippen LogP contribution is 2.15. The van der Waals surface area contributed by atoms with Crippen LogP contribution in [0.5, 0.6) is 0 Å². The molecule has 248 valence electrons. The molecule has 0 saturated heterocycles.